The Morgan fingerprint density at radius 2 is 1.89 bits per heavy atom. The van der Waals surface area contributed by atoms with E-state index in [2.05, 4.69) is 50.4 Å². The maximum Gasteiger partial charge on any atom is 0.123 e. The van der Waals surface area contributed by atoms with Crippen LogP contribution in [-0.4, -0.2) is 11.5 Å². The lowest BCUT2D eigenvalue weighted by molar-refractivity contribution is 0.476. The average molecular weight is 260 g/mol. The molecule has 3 heteroatoms. The molecule has 1 aromatic heterocycles. The molecule has 0 aliphatic rings. The second kappa shape index (κ2) is 5.21. The number of nitrogens with zero attached hydrogens (tertiary/aromatic N) is 1. The third-order valence-corrected chi connectivity index (χ3v) is 4.16. The van der Waals surface area contributed by atoms with Crippen LogP contribution in [0.2, 0.25) is 0 Å². The molecule has 0 saturated heterocycles. The first-order valence-corrected chi connectivity index (χ1v) is 7.14. The molecule has 2 nitrogen and oxygen atoms in total. The molecule has 0 radical (unpaired) electrons. The van der Waals surface area contributed by atoms with Gasteiger partial charge in [0.2, 0.25) is 0 Å². The molecule has 1 aromatic carbocycles. The Kier molecular flexibility index (Phi) is 3.83. The Labute approximate surface area is 113 Å². The van der Waals surface area contributed by atoms with Crippen LogP contribution >= 0.6 is 11.3 Å². The third kappa shape index (κ3) is 2.79. The van der Waals surface area contributed by atoms with Crippen LogP contribution in [0.3, 0.4) is 0 Å². The normalized spacial score (nSPS) is 11.8. The first-order valence-electron chi connectivity index (χ1n) is 6.26. The van der Waals surface area contributed by atoms with Crippen LogP contribution < -0.4 is 5.73 Å². The van der Waals surface area contributed by atoms with E-state index in [0.717, 1.165) is 17.1 Å². The summed E-state index contributed by atoms with van der Waals surface area (Å²) in [4.78, 5) is 4.76. The van der Waals surface area contributed by atoms with Gasteiger partial charge in [0, 0.05) is 16.4 Å². The Balaban J connectivity index is 2.28. The molecule has 2 aromatic rings. The minimum absolute atomic E-state index is 0.0637. The minimum Gasteiger partial charge on any atom is -0.330 e. The van der Waals surface area contributed by atoms with Gasteiger partial charge in [-0.05, 0) is 19.9 Å². The van der Waals surface area contributed by atoms with Crippen molar-refractivity contribution in [2.45, 2.75) is 32.6 Å². The first kappa shape index (κ1) is 13.2. The molecule has 0 bridgehead atoms. The highest BCUT2D eigenvalue weighted by Gasteiger charge is 2.22. The van der Waals surface area contributed by atoms with Gasteiger partial charge in [-0.1, -0.05) is 43.7 Å². The van der Waals surface area contributed by atoms with Crippen LogP contribution in [0, 0.1) is 6.92 Å². The SMILES string of the molecule is Cc1ccc(-c2nc(C(C)(C)CCN)cs2)cc1. The van der Waals surface area contributed by atoms with E-state index in [9.17, 15) is 0 Å². The van der Waals surface area contributed by atoms with Crippen molar-refractivity contribution in [2.24, 2.45) is 5.73 Å². The van der Waals surface area contributed by atoms with Crippen molar-refractivity contribution >= 4 is 11.3 Å². The van der Waals surface area contributed by atoms with Crippen LogP contribution in [0.25, 0.3) is 10.6 Å². The van der Waals surface area contributed by atoms with E-state index in [1.807, 2.05) is 0 Å². The number of hydrogen-bond acceptors (Lipinski definition) is 3. The van der Waals surface area contributed by atoms with Gasteiger partial charge in [0.05, 0.1) is 5.69 Å². The highest BCUT2D eigenvalue weighted by molar-refractivity contribution is 7.13. The smallest absolute Gasteiger partial charge is 0.123 e. The van der Waals surface area contributed by atoms with Crippen molar-refractivity contribution in [1.29, 1.82) is 0 Å². The van der Waals surface area contributed by atoms with Gasteiger partial charge >= 0.3 is 0 Å². The molecule has 0 aliphatic heterocycles. The van der Waals surface area contributed by atoms with Gasteiger partial charge in [-0.25, -0.2) is 4.98 Å². The molecule has 0 spiro atoms. The highest BCUT2D eigenvalue weighted by atomic mass is 32.1. The summed E-state index contributed by atoms with van der Waals surface area (Å²) in [6.07, 6.45) is 0.962. The average Bonchev–Trinajstić information content (AvgIpc) is 2.80. The second-order valence-electron chi connectivity index (χ2n) is 5.33. The van der Waals surface area contributed by atoms with E-state index >= 15 is 0 Å². The lowest BCUT2D eigenvalue weighted by Crippen LogP contribution is -2.22. The van der Waals surface area contributed by atoms with Crippen molar-refractivity contribution in [1.82, 2.24) is 4.98 Å². The van der Waals surface area contributed by atoms with E-state index in [1.54, 1.807) is 11.3 Å². The summed E-state index contributed by atoms with van der Waals surface area (Å²) in [5.41, 5.74) is 9.34. The zero-order valence-electron chi connectivity index (χ0n) is 11.2. The van der Waals surface area contributed by atoms with Gasteiger partial charge in [0.15, 0.2) is 0 Å². The van der Waals surface area contributed by atoms with Crippen molar-refractivity contribution in [3.8, 4) is 10.6 Å². The van der Waals surface area contributed by atoms with Gasteiger partial charge in [-0.2, -0.15) is 0 Å². The minimum atomic E-state index is 0.0637. The van der Waals surface area contributed by atoms with E-state index in [-0.39, 0.29) is 5.41 Å². The molecule has 1 heterocycles. The fraction of sp³-hybridized carbons (Fsp3) is 0.400. The standard InChI is InChI=1S/C15H20N2S/c1-11-4-6-12(7-5-11)14-17-13(10-18-14)15(2,3)8-9-16/h4-7,10H,8-9,16H2,1-3H3. The molecule has 0 aliphatic carbocycles. The third-order valence-electron chi connectivity index (χ3n) is 3.27. The van der Waals surface area contributed by atoms with Crippen LogP contribution in [0.1, 0.15) is 31.5 Å². The lowest BCUT2D eigenvalue weighted by atomic mass is 9.86. The fourth-order valence-corrected chi connectivity index (χ4v) is 2.92. The van der Waals surface area contributed by atoms with Crippen LogP contribution in [0.15, 0.2) is 29.6 Å². The Morgan fingerprint density at radius 1 is 1.22 bits per heavy atom. The van der Waals surface area contributed by atoms with Gasteiger partial charge in [0.25, 0.3) is 0 Å². The van der Waals surface area contributed by atoms with Crippen LogP contribution in [0.4, 0.5) is 0 Å². The monoisotopic (exact) mass is 260 g/mol. The molecule has 2 rings (SSSR count). The van der Waals surface area contributed by atoms with Crippen molar-refractivity contribution < 1.29 is 0 Å². The van der Waals surface area contributed by atoms with E-state index < -0.39 is 0 Å². The maximum absolute atomic E-state index is 5.66. The summed E-state index contributed by atoms with van der Waals surface area (Å²) in [5, 5.41) is 3.25. The molecule has 2 N–H and O–H groups in total. The molecule has 0 amide bonds. The number of rotatable bonds is 4. The summed E-state index contributed by atoms with van der Waals surface area (Å²) >= 11 is 1.71. The zero-order valence-corrected chi connectivity index (χ0v) is 12.1. The predicted octanol–water partition coefficient (Wildman–Crippen LogP) is 3.74. The number of nitrogens with two attached hydrogens (primary N) is 1. The summed E-state index contributed by atoms with van der Waals surface area (Å²) in [7, 11) is 0. The van der Waals surface area contributed by atoms with E-state index in [4.69, 9.17) is 10.7 Å². The quantitative estimate of drug-likeness (QED) is 0.909. The van der Waals surface area contributed by atoms with Gasteiger partial charge in [0.1, 0.15) is 5.01 Å². The first-order chi connectivity index (χ1) is 8.53. The molecular weight excluding hydrogens is 240 g/mol. The number of aryl methyl sites for hydroxylation is 1. The molecule has 0 fully saturated rings. The van der Waals surface area contributed by atoms with Crippen LogP contribution in [0.5, 0.6) is 0 Å². The molecule has 96 valence electrons. The van der Waals surface area contributed by atoms with Crippen molar-refractivity contribution in [3.05, 3.63) is 40.9 Å². The van der Waals surface area contributed by atoms with Gasteiger partial charge in [-0.15, -0.1) is 11.3 Å². The molecular formula is C15H20N2S. The molecule has 18 heavy (non-hydrogen) atoms. The number of hydrogen-bond donors (Lipinski definition) is 1. The number of benzene rings is 1. The summed E-state index contributed by atoms with van der Waals surface area (Å²) < 4.78 is 0. The highest BCUT2D eigenvalue weighted by Crippen LogP contribution is 2.31. The molecule has 0 saturated carbocycles. The van der Waals surface area contributed by atoms with E-state index in [1.165, 1.54) is 11.1 Å². The number of thiazole rings is 1. The van der Waals surface area contributed by atoms with Crippen LogP contribution in [-0.2, 0) is 5.41 Å². The van der Waals surface area contributed by atoms with Gasteiger partial charge in [-0.3, -0.25) is 0 Å². The topological polar surface area (TPSA) is 38.9 Å². The van der Waals surface area contributed by atoms with Gasteiger partial charge < -0.3 is 5.73 Å². The summed E-state index contributed by atoms with van der Waals surface area (Å²) in [6, 6.07) is 8.52. The Hall–Kier alpha value is -1.19. The summed E-state index contributed by atoms with van der Waals surface area (Å²) in [5.74, 6) is 0. The molecule has 0 unspecified atom stereocenters. The second-order valence-corrected chi connectivity index (χ2v) is 6.18. The summed E-state index contributed by atoms with van der Waals surface area (Å²) in [6.45, 7) is 7.20. The largest absolute Gasteiger partial charge is 0.330 e. The van der Waals surface area contributed by atoms with E-state index in [0.29, 0.717) is 6.54 Å². The number of aromatic nitrogens is 1. The Bertz CT molecular complexity index is 512. The zero-order chi connectivity index (χ0) is 13.2. The lowest BCUT2D eigenvalue weighted by Gasteiger charge is -2.21. The predicted molar refractivity (Wildman–Crippen MR) is 79.0 cm³/mol. The Morgan fingerprint density at radius 3 is 2.50 bits per heavy atom. The molecule has 0 atom stereocenters. The van der Waals surface area contributed by atoms with Crippen molar-refractivity contribution in [3.63, 3.8) is 0 Å². The van der Waals surface area contributed by atoms with Crippen molar-refractivity contribution in [2.75, 3.05) is 6.54 Å². The maximum atomic E-state index is 5.66. The fourth-order valence-electron chi connectivity index (χ4n) is 1.90.